The zero-order valence-electron chi connectivity index (χ0n) is 62.9. The van der Waals surface area contributed by atoms with Crippen molar-refractivity contribution in [3.8, 4) is 0 Å². The highest BCUT2D eigenvalue weighted by atomic mass is 16.6. The molecule has 3 aliphatic heterocycles. The van der Waals surface area contributed by atoms with Gasteiger partial charge in [0.05, 0.1) is 104 Å². The summed E-state index contributed by atoms with van der Waals surface area (Å²) in [4.78, 5) is 24.1. The molecule has 0 aliphatic carbocycles. The molecular weight excluding hydrogens is 1310 g/mol. The lowest BCUT2D eigenvalue weighted by Crippen LogP contribution is -2.48. The predicted molar refractivity (Wildman–Crippen MR) is 396 cm³/mol. The molecular formula is C81H134O21. The lowest BCUT2D eigenvalue weighted by molar-refractivity contribution is -0.150. The SMILES string of the molecule is C=C(CC(=O)O)CC(C)CC(=C)CC(O)C(C)C(O)C=C(C)CC(O)C(C)CC1C=CC(C(C)CC(O)CCC=CC(O)C(=C)CC(=C)CC2OC(C(O)CC(C)CCC(O)C(=O)CC(C)CC(C)CC(O)C=CC(O)C3CC(O)C(C)(C(O)CC(=C)C(=C)CC(O)CC(C)O)O3)C(O)C2O)O1. The number of carboxylic acid groups (broad SMARTS) is 1. The number of carbonyl (C=O) groups excluding carboxylic acids is 1. The van der Waals surface area contributed by atoms with Crippen LogP contribution in [0.15, 0.2) is 121 Å². The Kier molecular flexibility index (Phi) is 40.4. The first-order chi connectivity index (χ1) is 47.5. The van der Waals surface area contributed by atoms with Gasteiger partial charge in [-0.25, -0.2) is 0 Å². The fourth-order valence-electron chi connectivity index (χ4n) is 14.4. The van der Waals surface area contributed by atoms with E-state index in [1.165, 1.54) is 12.2 Å². The highest BCUT2D eigenvalue weighted by Gasteiger charge is 2.51. The zero-order valence-corrected chi connectivity index (χ0v) is 62.9. The molecule has 102 heavy (non-hydrogen) atoms. The molecule has 21 heteroatoms. The Bertz CT molecular complexity index is 2760. The van der Waals surface area contributed by atoms with Crippen molar-refractivity contribution in [2.24, 2.45) is 41.4 Å². The molecule has 0 bridgehead atoms. The van der Waals surface area contributed by atoms with Crippen LogP contribution in [0.1, 0.15) is 204 Å². The van der Waals surface area contributed by atoms with Crippen molar-refractivity contribution in [3.05, 3.63) is 121 Å². The number of ether oxygens (including phenoxy) is 3. The molecule has 2 saturated heterocycles. The van der Waals surface area contributed by atoms with Crippen molar-refractivity contribution in [1.29, 1.82) is 0 Å². The van der Waals surface area contributed by atoms with E-state index < -0.39 is 127 Å². The van der Waals surface area contributed by atoms with Gasteiger partial charge in [-0.1, -0.05) is 153 Å². The minimum Gasteiger partial charge on any atom is -0.481 e. The van der Waals surface area contributed by atoms with Crippen molar-refractivity contribution >= 4 is 11.8 Å². The summed E-state index contributed by atoms with van der Waals surface area (Å²) in [5, 5.41) is 172. The van der Waals surface area contributed by atoms with Gasteiger partial charge in [-0.15, -0.1) is 0 Å². The van der Waals surface area contributed by atoms with Crippen molar-refractivity contribution in [1.82, 2.24) is 0 Å². The maximum Gasteiger partial charge on any atom is 0.307 e. The zero-order chi connectivity index (χ0) is 77.2. The fraction of sp³-hybridized carbons (Fsp3) is 0.728. The van der Waals surface area contributed by atoms with Gasteiger partial charge in [0.1, 0.15) is 30.0 Å². The molecule has 584 valence electrons. The summed E-state index contributed by atoms with van der Waals surface area (Å²) in [5.74, 6) is -2.13. The molecule has 0 amide bonds. The summed E-state index contributed by atoms with van der Waals surface area (Å²) in [6.45, 7) is 42.3. The first-order valence-electron chi connectivity index (χ1n) is 37.2. The van der Waals surface area contributed by atoms with E-state index in [1.807, 2.05) is 60.6 Å². The van der Waals surface area contributed by atoms with Crippen molar-refractivity contribution in [3.63, 3.8) is 0 Å². The molecule has 28 unspecified atom stereocenters. The number of Topliss-reactive ketones (excluding diaryl/α,β-unsaturated/α-hetero) is 1. The van der Waals surface area contributed by atoms with E-state index in [-0.39, 0.29) is 118 Å². The van der Waals surface area contributed by atoms with Gasteiger partial charge in [0.2, 0.25) is 0 Å². The number of carboxylic acids is 1. The number of ketones is 1. The largest absolute Gasteiger partial charge is 0.481 e. The monoisotopic (exact) mass is 1440 g/mol. The molecule has 16 N–H and O–H groups in total. The molecule has 21 nitrogen and oxygen atoms in total. The van der Waals surface area contributed by atoms with Crippen molar-refractivity contribution < 1.29 is 106 Å². The van der Waals surface area contributed by atoms with E-state index in [9.17, 15) is 86.2 Å². The van der Waals surface area contributed by atoms with E-state index in [1.54, 1.807) is 39.0 Å². The second-order valence-electron chi connectivity index (χ2n) is 31.7. The summed E-state index contributed by atoms with van der Waals surface area (Å²) in [7, 11) is 0. The average Bonchev–Trinajstić information content (AvgIpc) is 1.64. The van der Waals surface area contributed by atoms with Crippen LogP contribution in [0, 0.1) is 41.4 Å². The molecule has 28 atom stereocenters. The van der Waals surface area contributed by atoms with Gasteiger partial charge in [-0.3, -0.25) is 9.59 Å². The normalized spacial score (nSPS) is 27.5. The van der Waals surface area contributed by atoms with E-state index in [0.717, 1.165) is 11.1 Å². The van der Waals surface area contributed by atoms with Crippen LogP contribution in [0.25, 0.3) is 0 Å². The quantitative estimate of drug-likeness (QED) is 0.0201. The number of allylic oxidation sites excluding steroid dienone is 1. The lowest BCUT2D eigenvalue weighted by Gasteiger charge is -2.34. The van der Waals surface area contributed by atoms with Gasteiger partial charge in [0.25, 0.3) is 0 Å². The first-order valence-corrected chi connectivity index (χ1v) is 37.2. The standard InChI is InChI=1S/C81H134O21/c1-45(21-24-65(87)70(92)36-49(5)29-47(3)31-61(84)22-25-66(88)73-44-76(95)81(16,102-73)75(94)42-54(10)53(9)39-62(85)43-58(14)82)32-71(93)80-79(99)78(98)74(101-80)37-51(7)30-55(11)64(86)20-18-17-19-60(83)40-57(13)72-26-23-63(100-72)41-56(12)67(89)33-52(8)35-69(91)59(15)68(90)34-48(4)27-46(2)28-50(6)38-77(96)97/h18,20,22-23,25-26,35,45-47,49,56-69,71-76,78-80,82-91,93-95,98-99H,4,6-7,9-11,17,19,21,24,27-34,36-44H2,1-3,5,8,12-16H3,(H,96,97). The topological polar surface area (TPSA) is 386 Å². The summed E-state index contributed by atoms with van der Waals surface area (Å²) in [5.41, 5.74) is 2.77. The Balaban J connectivity index is 1.32. The van der Waals surface area contributed by atoms with E-state index in [4.69, 9.17) is 19.3 Å². The summed E-state index contributed by atoms with van der Waals surface area (Å²) < 4.78 is 18.4. The fourth-order valence-corrected chi connectivity index (χ4v) is 14.4. The number of carbonyl (C=O) groups is 2. The summed E-state index contributed by atoms with van der Waals surface area (Å²) in [6, 6.07) is 0. The van der Waals surface area contributed by atoms with Crippen LogP contribution in [0.4, 0.5) is 0 Å². The number of hydrogen-bond donors (Lipinski definition) is 16. The highest BCUT2D eigenvalue weighted by molar-refractivity contribution is 5.82. The molecule has 3 aliphatic rings. The smallest absolute Gasteiger partial charge is 0.307 e. The Morgan fingerprint density at radius 2 is 1.26 bits per heavy atom. The molecule has 3 rings (SSSR count). The maximum atomic E-state index is 13.1. The Morgan fingerprint density at radius 3 is 1.91 bits per heavy atom. The predicted octanol–water partition coefficient (Wildman–Crippen LogP) is 8.36. The Labute approximate surface area is 608 Å². The van der Waals surface area contributed by atoms with E-state index in [0.29, 0.717) is 98.5 Å². The van der Waals surface area contributed by atoms with Crippen molar-refractivity contribution in [2.75, 3.05) is 0 Å². The lowest BCUT2D eigenvalue weighted by atomic mass is 9.86. The molecule has 0 radical (unpaired) electrons. The van der Waals surface area contributed by atoms with Crippen LogP contribution in [-0.2, 0) is 23.8 Å². The van der Waals surface area contributed by atoms with E-state index in [2.05, 4.69) is 39.5 Å². The molecule has 0 saturated carbocycles. The Morgan fingerprint density at radius 1 is 0.618 bits per heavy atom. The second kappa shape index (κ2) is 44.8. The van der Waals surface area contributed by atoms with Gasteiger partial charge >= 0.3 is 5.97 Å². The van der Waals surface area contributed by atoms with Gasteiger partial charge in [-0.05, 0) is 182 Å². The molecule has 0 spiro atoms. The minimum atomic E-state index is -1.45. The molecule has 3 heterocycles. The van der Waals surface area contributed by atoms with E-state index >= 15 is 0 Å². The van der Waals surface area contributed by atoms with Crippen molar-refractivity contribution in [2.45, 2.75) is 332 Å². The van der Waals surface area contributed by atoms with Gasteiger partial charge < -0.3 is 95.9 Å². The van der Waals surface area contributed by atoms with Crippen LogP contribution in [0.5, 0.6) is 0 Å². The van der Waals surface area contributed by atoms with Crippen LogP contribution >= 0.6 is 0 Å². The summed E-state index contributed by atoms with van der Waals surface area (Å²) >= 11 is 0. The third-order valence-electron chi connectivity index (χ3n) is 20.8. The number of aliphatic hydroxyl groups is 15. The molecule has 0 aromatic rings. The molecule has 2 fully saturated rings. The van der Waals surface area contributed by atoms with Crippen LogP contribution < -0.4 is 0 Å². The van der Waals surface area contributed by atoms with Gasteiger partial charge in [0, 0.05) is 25.2 Å². The summed E-state index contributed by atoms with van der Waals surface area (Å²) in [6.07, 6.45) is -0.750. The highest BCUT2D eigenvalue weighted by Crippen LogP contribution is 2.39. The van der Waals surface area contributed by atoms with Crippen LogP contribution in [0.2, 0.25) is 0 Å². The maximum absolute atomic E-state index is 13.1. The third kappa shape index (κ3) is 32.5. The number of aliphatic hydroxyl groups excluding tert-OH is 15. The molecule has 0 aromatic carbocycles. The van der Waals surface area contributed by atoms with Gasteiger partial charge in [0.15, 0.2) is 5.78 Å². The third-order valence-corrected chi connectivity index (χ3v) is 20.8. The van der Waals surface area contributed by atoms with Crippen LogP contribution in [-0.4, -0.2) is 221 Å². The first kappa shape index (κ1) is 92.0. The van der Waals surface area contributed by atoms with Crippen LogP contribution in [0.3, 0.4) is 0 Å². The number of hydrogen-bond acceptors (Lipinski definition) is 20. The Hall–Kier alpha value is -4.18. The number of rotatable bonds is 52. The molecule has 0 aromatic heterocycles. The van der Waals surface area contributed by atoms with Gasteiger partial charge in [-0.2, -0.15) is 0 Å². The minimum absolute atomic E-state index is 0.00468. The second-order valence-corrected chi connectivity index (χ2v) is 31.7. The number of aliphatic carboxylic acids is 1. The average molecular weight is 1440 g/mol.